The third-order valence-electron chi connectivity index (χ3n) is 5.15. The molecule has 136 valence electrons. The van der Waals surface area contributed by atoms with E-state index in [1.807, 2.05) is 0 Å². The molecule has 6 heteroatoms. The largest absolute Gasteiger partial charge is 0.490 e. The number of aliphatic carboxylic acids is 1. The minimum Gasteiger partial charge on any atom is -0.490 e. The van der Waals surface area contributed by atoms with Gasteiger partial charge in [-0.2, -0.15) is 0 Å². The Balaban J connectivity index is 1.95. The summed E-state index contributed by atoms with van der Waals surface area (Å²) in [5.41, 5.74) is -0.549. The molecule has 1 atom stereocenters. The second-order valence-corrected chi connectivity index (χ2v) is 7.22. The van der Waals surface area contributed by atoms with Crippen LogP contribution in [0.15, 0.2) is 18.2 Å². The van der Waals surface area contributed by atoms with Gasteiger partial charge in [0, 0.05) is 19.0 Å². The molecule has 3 rings (SSSR count). The van der Waals surface area contributed by atoms with E-state index in [4.69, 9.17) is 9.47 Å². The van der Waals surface area contributed by atoms with E-state index < -0.39 is 11.4 Å². The molecule has 1 aromatic carbocycles. The molecule has 2 aliphatic rings. The molecule has 1 N–H and O–H groups in total. The van der Waals surface area contributed by atoms with E-state index in [2.05, 4.69) is 0 Å². The van der Waals surface area contributed by atoms with Gasteiger partial charge < -0.3 is 19.5 Å². The second-order valence-electron chi connectivity index (χ2n) is 7.22. The van der Waals surface area contributed by atoms with E-state index in [0.717, 1.165) is 19.3 Å². The standard InChI is InChI=1S/C19H25NO5/c1-19(2,18(22)23)15-9-3-4-10-20(15)17(21)13-7-5-8-14-16(13)25-12-6-11-24-14/h5,7-8,15H,3-4,6,9-12H2,1-2H3,(H,22,23). The summed E-state index contributed by atoms with van der Waals surface area (Å²) in [7, 11) is 0. The molecule has 1 amide bonds. The van der Waals surface area contributed by atoms with Crippen LogP contribution in [0.2, 0.25) is 0 Å². The minimum absolute atomic E-state index is 0.179. The van der Waals surface area contributed by atoms with E-state index in [9.17, 15) is 14.7 Å². The zero-order valence-corrected chi connectivity index (χ0v) is 14.8. The van der Waals surface area contributed by atoms with Crippen molar-refractivity contribution < 1.29 is 24.2 Å². The number of likely N-dealkylation sites (tertiary alicyclic amines) is 1. The maximum Gasteiger partial charge on any atom is 0.311 e. The van der Waals surface area contributed by atoms with Crippen LogP contribution in [0, 0.1) is 5.41 Å². The van der Waals surface area contributed by atoms with Gasteiger partial charge in [-0.25, -0.2) is 0 Å². The summed E-state index contributed by atoms with van der Waals surface area (Å²) in [5, 5.41) is 9.61. The quantitative estimate of drug-likeness (QED) is 0.910. The average Bonchev–Trinajstić information content (AvgIpc) is 2.86. The van der Waals surface area contributed by atoms with Crippen LogP contribution in [-0.2, 0) is 4.79 Å². The monoisotopic (exact) mass is 347 g/mol. The van der Waals surface area contributed by atoms with Crippen molar-refractivity contribution >= 4 is 11.9 Å². The molecule has 0 aromatic heterocycles. The van der Waals surface area contributed by atoms with Crippen molar-refractivity contribution in [1.29, 1.82) is 0 Å². The predicted octanol–water partition coefficient (Wildman–Crippen LogP) is 2.95. The van der Waals surface area contributed by atoms with Gasteiger partial charge in [0.15, 0.2) is 11.5 Å². The van der Waals surface area contributed by atoms with Crippen molar-refractivity contribution in [2.24, 2.45) is 5.41 Å². The van der Waals surface area contributed by atoms with Crippen LogP contribution in [0.3, 0.4) is 0 Å². The van der Waals surface area contributed by atoms with Gasteiger partial charge in [0.2, 0.25) is 0 Å². The van der Waals surface area contributed by atoms with E-state index in [1.54, 1.807) is 36.9 Å². The summed E-state index contributed by atoms with van der Waals surface area (Å²) in [4.78, 5) is 26.7. The van der Waals surface area contributed by atoms with E-state index >= 15 is 0 Å². The Bertz CT molecular complexity index is 670. The Kier molecular flexibility index (Phi) is 4.88. The summed E-state index contributed by atoms with van der Waals surface area (Å²) < 4.78 is 11.4. The first-order chi connectivity index (χ1) is 11.9. The van der Waals surface area contributed by atoms with Gasteiger partial charge in [0.25, 0.3) is 5.91 Å². The Labute approximate surface area is 147 Å². The zero-order valence-electron chi connectivity index (χ0n) is 14.8. The lowest BCUT2D eigenvalue weighted by molar-refractivity contribution is -0.151. The van der Waals surface area contributed by atoms with Gasteiger partial charge in [-0.3, -0.25) is 9.59 Å². The molecule has 25 heavy (non-hydrogen) atoms. The first-order valence-corrected chi connectivity index (χ1v) is 8.86. The topological polar surface area (TPSA) is 76.1 Å². The lowest BCUT2D eigenvalue weighted by Gasteiger charge is -2.43. The Hall–Kier alpha value is -2.24. The maximum atomic E-state index is 13.3. The third-order valence-corrected chi connectivity index (χ3v) is 5.15. The van der Waals surface area contributed by atoms with Crippen LogP contribution in [0.5, 0.6) is 11.5 Å². The molecule has 1 unspecified atom stereocenters. The SMILES string of the molecule is CC(C)(C(=O)O)C1CCCCN1C(=O)c1cccc2c1OCCCO2. The molecule has 0 aliphatic carbocycles. The Morgan fingerprint density at radius 2 is 1.92 bits per heavy atom. The number of carboxylic acid groups (broad SMARTS) is 1. The summed E-state index contributed by atoms with van der Waals surface area (Å²) in [6, 6.07) is 4.97. The van der Waals surface area contributed by atoms with Crippen LogP contribution in [0.4, 0.5) is 0 Å². The number of carbonyl (C=O) groups excluding carboxylic acids is 1. The molecule has 2 aliphatic heterocycles. The van der Waals surface area contributed by atoms with Crippen molar-refractivity contribution in [2.75, 3.05) is 19.8 Å². The van der Waals surface area contributed by atoms with Gasteiger partial charge in [-0.15, -0.1) is 0 Å². The Morgan fingerprint density at radius 1 is 1.16 bits per heavy atom. The highest BCUT2D eigenvalue weighted by Crippen LogP contribution is 2.38. The predicted molar refractivity (Wildman–Crippen MR) is 92.1 cm³/mol. The highest BCUT2D eigenvalue weighted by molar-refractivity contribution is 5.98. The fourth-order valence-corrected chi connectivity index (χ4v) is 3.58. The molecule has 1 fully saturated rings. The first kappa shape index (κ1) is 17.6. The molecule has 0 bridgehead atoms. The second kappa shape index (κ2) is 6.94. The van der Waals surface area contributed by atoms with Crippen molar-refractivity contribution in [1.82, 2.24) is 4.90 Å². The van der Waals surface area contributed by atoms with Crippen LogP contribution < -0.4 is 9.47 Å². The molecule has 0 saturated carbocycles. The summed E-state index contributed by atoms with van der Waals surface area (Å²) in [5.74, 6) is -0.0121. The van der Waals surface area contributed by atoms with Crippen molar-refractivity contribution in [2.45, 2.75) is 45.6 Å². The number of carboxylic acids is 1. The summed E-state index contributed by atoms with van der Waals surface area (Å²) >= 11 is 0. The van der Waals surface area contributed by atoms with Crippen LogP contribution in [0.25, 0.3) is 0 Å². The highest BCUT2D eigenvalue weighted by atomic mass is 16.5. The molecule has 6 nitrogen and oxygen atoms in total. The maximum absolute atomic E-state index is 13.3. The normalized spacial score (nSPS) is 20.7. The summed E-state index contributed by atoms with van der Waals surface area (Å²) in [6.45, 7) is 5.00. The number of amides is 1. The van der Waals surface area contributed by atoms with Crippen molar-refractivity contribution in [3.8, 4) is 11.5 Å². The highest BCUT2D eigenvalue weighted by Gasteiger charge is 2.43. The van der Waals surface area contributed by atoms with E-state index in [1.165, 1.54) is 0 Å². The average molecular weight is 347 g/mol. The third kappa shape index (κ3) is 3.30. The molecule has 2 heterocycles. The van der Waals surface area contributed by atoms with Crippen molar-refractivity contribution in [3.05, 3.63) is 23.8 Å². The molecule has 0 spiro atoms. The van der Waals surface area contributed by atoms with Gasteiger partial charge in [-0.1, -0.05) is 6.07 Å². The number of ether oxygens (including phenoxy) is 2. The molecule has 1 aromatic rings. The first-order valence-electron chi connectivity index (χ1n) is 8.86. The van der Waals surface area contributed by atoms with Crippen LogP contribution >= 0.6 is 0 Å². The number of rotatable bonds is 3. The Morgan fingerprint density at radius 3 is 2.68 bits per heavy atom. The van der Waals surface area contributed by atoms with Gasteiger partial charge in [0.1, 0.15) is 0 Å². The van der Waals surface area contributed by atoms with Gasteiger partial charge in [-0.05, 0) is 45.2 Å². The van der Waals surface area contributed by atoms with Crippen LogP contribution in [0.1, 0.15) is 49.9 Å². The van der Waals surface area contributed by atoms with Gasteiger partial charge in [0.05, 0.1) is 24.2 Å². The lowest BCUT2D eigenvalue weighted by atomic mass is 9.78. The molecular weight excluding hydrogens is 322 g/mol. The van der Waals surface area contributed by atoms with Crippen LogP contribution in [-0.4, -0.2) is 47.7 Å². The van der Waals surface area contributed by atoms with E-state index in [0.29, 0.717) is 43.2 Å². The number of hydrogen-bond donors (Lipinski definition) is 1. The number of benzene rings is 1. The molecular formula is C19H25NO5. The summed E-state index contributed by atoms with van der Waals surface area (Å²) in [6.07, 6.45) is 3.26. The fraction of sp³-hybridized carbons (Fsp3) is 0.579. The van der Waals surface area contributed by atoms with E-state index in [-0.39, 0.29) is 11.9 Å². The fourth-order valence-electron chi connectivity index (χ4n) is 3.58. The van der Waals surface area contributed by atoms with Gasteiger partial charge >= 0.3 is 5.97 Å². The van der Waals surface area contributed by atoms with Crippen molar-refractivity contribution in [3.63, 3.8) is 0 Å². The number of hydrogen-bond acceptors (Lipinski definition) is 4. The lowest BCUT2D eigenvalue weighted by Crippen LogP contribution is -2.53. The number of nitrogens with zero attached hydrogens (tertiary/aromatic N) is 1. The number of fused-ring (bicyclic) bond motifs is 1. The number of piperidine rings is 1. The minimum atomic E-state index is -1.00. The molecule has 1 saturated heterocycles. The number of para-hydroxylation sites is 1. The molecule has 0 radical (unpaired) electrons. The zero-order chi connectivity index (χ0) is 18.0. The smallest absolute Gasteiger partial charge is 0.311 e. The number of carbonyl (C=O) groups is 2.